The monoisotopic (exact) mass is 206 g/mol. The molecule has 74 valence electrons. The van der Waals surface area contributed by atoms with E-state index in [-0.39, 0.29) is 6.42 Å². The molecule has 0 rings (SSSR count). The summed E-state index contributed by atoms with van der Waals surface area (Å²) in [5.41, 5.74) is -1.89. The zero-order valence-corrected chi connectivity index (χ0v) is 7.88. The quantitative estimate of drug-likeness (QED) is 0.447. The summed E-state index contributed by atoms with van der Waals surface area (Å²) in [6, 6.07) is 0. The van der Waals surface area contributed by atoms with Gasteiger partial charge in [0.1, 0.15) is 5.41 Å². The summed E-state index contributed by atoms with van der Waals surface area (Å²) in [6.45, 7) is 1.44. The number of rotatable bonds is 5. The maximum Gasteiger partial charge on any atom is 0.318 e. The van der Waals surface area contributed by atoms with Crippen LogP contribution in [0, 0.1) is 5.41 Å². The fraction of sp³-hybridized carbons (Fsp3) is 0.571. The first-order valence-electron chi connectivity index (χ1n) is 3.55. The number of carboxylic acid groups (broad SMARTS) is 2. The highest BCUT2D eigenvalue weighted by molar-refractivity contribution is 7.96. The fourth-order valence-corrected chi connectivity index (χ4v) is 1.26. The number of thiol groups is 1. The fourth-order valence-electron chi connectivity index (χ4n) is 0.928. The highest BCUT2D eigenvalue weighted by Crippen LogP contribution is 2.29. The van der Waals surface area contributed by atoms with Gasteiger partial charge in [-0.25, -0.2) is 0 Å². The minimum atomic E-state index is -1.89. The van der Waals surface area contributed by atoms with Crippen LogP contribution in [0.5, 0.6) is 0 Å². The molecule has 0 aromatic carbocycles. The Balaban J connectivity index is 4.98. The van der Waals surface area contributed by atoms with E-state index in [1.54, 1.807) is 0 Å². The number of carboxylic acids is 2. The Bertz CT molecular complexity index is 233. The zero-order valence-electron chi connectivity index (χ0n) is 6.98. The van der Waals surface area contributed by atoms with Crippen molar-refractivity contribution in [3.8, 4) is 0 Å². The standard InChI is InChI=1S/C7H10O5S/c1-2-7(5(10)11,6(12)13)3-4(8)9/h2-3H2,1H3,(H,8,9)(H,10,11)(H,12,13). The average molecular weight is 206 g/mol. The molecule has 0 amide bonds. The Morgan fingerprint density at radius 3 is 1.85 bits per heavy atom. The van der Waals surface area contributed by atoms with Gasteiger partial charge in [-0.15, -0.1) is 12.6 Å². The molecular formula is C7H10O5S. The maximum atomic E-state index is 10.9. The summed E-state index contributed by atoms with van der Waals surface area (Å²) in [5, 5.41) is 16.2. The first-order valence-corrected chi connectivity index (χ1v) is 4.00. The van der Waals surface area contributed by atoms with Crippen LogP contribution >= 0.6 is 12.6 Å². The SMILES string of the molecule is CCC(CC(=O)O)(C(=O)O)C(=O)S. The van der Waals surface area contributed by atoms with Crippen molar-refractivity contribution < 1.29 is 24.6 Å². The van der Waals surface area contributed by atoms with Crippen LogP contribution in [0.3, 0.4) is 0 Å². The second kappa shape index (κ2) is 4.27. The topological polar surface area (TPSA) is 91.7 Å². The molecule has 0 bridgehead atoms. The smallest absolute Gasteiger partial charge is 0.318 e. The molecule has 0 fully saturated rings. The van der Waals surface area contributed by atoms with Gasteiger partial charge < -0.3 is 10.2 Å². The minimum Gasteiger partial charge on any atom is -0.481 e. The van der Waals surface area contributed by atoms with Gasteiger partial charge in [0, 0.05) is 0 Å². The number of carbonyl (C=O) groups excluding carboxylic acids is 1. The summed E-state index contributed by atoms with van der Waals surface area (Å²) in [5.74, 6) is -2.77. The van der Waals surface area contributed by atoms with Crippen molar-refractivity contribution in [2.45, 2.75) is 19.8 Å². The van der Waals surface area contributed by atoms with Crippen molar-refractivity contribution in [3.05, 3.63) is 0 Å². The van der Waals surface area contributed by atoms with Gasteiger partial charge in [0.05, 0.1) is 6.42 Å². The van der Waals surface area contributed by atoms with Gasteiger partial charge in [-0.1, -0.05) is 6.92 Å². The van der Waals surface area contributed by atoms with E-state index in [4.69, 9.17) is 10.2 Å². The Kier molecular flexibility index (Phi) is 3.93. The molecule has 0 saturated heterocycles. The molecule has 0 radical (unpaired) electrons. The third-order valence-electron chi connectivity index (χ3n) is 1.88. The zero-order chi connectivity index (χ0) is 10.6. The Morgan fingerprint density at radius 2 is 1.77 bits per heavy atom. The first kappa shape index (κ1) is 12.0. The molecule has 0 saturated carbocycles. The van der Waals surface area contributed by atoms with Gasteiger partial charge in [-0.3, -0.25) is 14.4 Å². The first-order chi connectivity index (χ1) is 5.86. The van der Waals surface area contributed by atoms with Crippen LogP contribution < -0.4 is 0 Å². The number of hydrogen-bond donors (Lipinski definition) is 3. The molecule has 0 aliphatic rings. The van der Waals surface area contributed by atoms with Gasteiger partial charge in [0.25, 0.3) is 0 Å². The molecule has 0 aliphatic carbocycles. The molecular weight excluding hydrogens is 196 g/mol. The second-order valence-corrected chi connectivity index (χ2v) is 3.02. The summed E-state index contributed by atoms with van der Waals surface area (Å²) in [6.07, 6.45) is -0.821. The van der Waals surface area contributed by atoms with Crippen LogP contribution in [-0.4, -0.2) is 27.3 Å². The van der Waals surface area contributed by atoms with Crippen LogP contribution in [0.1, 0.15) is 19.8 Å². The van der Waals surface area contributed by atoms with Gasteiger partial charge >= 0.3 is 11.9 Å². The largest absolute Gasteiger partial charge is 0.481 e. The molecule has 0 aliphatic heterocycles. The lowest BCUT2D eigenvalue weighted by molar-refractivity contribution is -0.158. The van der Waals surface area contributed by atoms with Crippen LogP contribution in [0.4, 0.5) is 0 Å². The van der Waals surface area contributed by atoms with Gasteiger partial charge in [-0.05, 0) is 6.42 Å². The highest BCUT2D eigenvalue weighted by atomic mass is 32.1. The van der Waals surface area contributed by atoms with Crippen molar-refractivity contribution >= 4 is 29.7 Å². The van der Waals surface area contributed by atoms with Crippen LogP contribution in [0.15, 0.2) is 0 Å². The van der Waals surface area contributed by atoms with Gasteiger partial charge in [0.15, 0.2) is 0 Å². The molecule has 6 heteroatoms. The Labute approximate surface area is 80.2 Å². The molecule has 0 aromatic rings. The molecule has 0 aromatic heterocycles. The highest BCUT2D eigenvalue weighted by Gasteiger charge is 2.44. The average Bonchev–Trinajstić information content (AvgIpc) is 1.98. The van der Waals surface area contributed by atoms with Crippen molar-refractivity contribution in [3.63, 3.8) is 0 Å². The lowest BCUT2D eigenvalue weighted by Crippen LogP contribution is -2.38. The van der Waals surface area contributed by atoms with E-state index >= 15 is 0 Å². The van der Waals surface area contributed by atoms with Gasteiger partial charge in [-0.2, -0.15) is 0 Å². The number of carbonyl (C=O) groups is 3. The summed E-state index contributed by atoms with van der Waals surface area (Å²) >= 11 is 3.39. The summed E-state index contributed by atoms with van der Waals surface area (Å²) in [4.78, 5) is 31.9. The molecule has 0 spiro atoms. The van der Waals surface area contributed by atoms with Crippen LogP contribution in [0.2, 0.25) is 0 Å². The van der Waals surface area contributed by atoms with E-state index in [9.17, 15) is 14.4 Å². The van der Waals surface area contributed by atoms with Crippen LogP contribution in [0.25, 0.3) is 0 Å². The third-order valence-corrected chi connectivity index (χ3v) is 2.30. The predicted molar refractivity (Wildman–Crippen MR) is 46.6 cm³/mol. The van der Waals surface area contributed by atoms with E-state index in [0.29, 0.717) is 0 Å². The van der Waals surface area contributed by atoms with E-state index in [1.807, 2.05) is 0 Å². The van der Waals surface area contributed by atoms with E-state index in [0.717, 1.165) is 0 Å². The lowest BCUT2D eigenvalue weighted by Gasteiger charge is -2.21. The molecule has 1 unspecified atom stereocenters. The number of hydrogen-bond acceptors (Lipinski definition) is 3. The molecule has 1 atom stereocenters. The van der Waals surface area contributed by atoms with Crippen LogP contribution in [-0.2, 0) is 14.4 Å². The summed E-state index contributed by atoms with van der Waals surface area (Å²) < 4.78 is 0. The normalized spacial score (nSPS) is 14.6. The second-order valence-electron chi connectivity index (χ2n) is 2.62. The Morgan fingerprint density at radius 1 is 1.31 bits per heavy atom. The van der Waals surface area contributed by atoms with Crippen molar-refractivity contribution in [1.29, 1.82) is 0 Å². The maximum absolute atomic E-state index is 10.9. The molecule has 0 heterocycles. The van der Waals surface area contributed by atoms with E-state index < -0.39 is 28.9 Å². The Hall–Kier alpha value is -1.04. The van der Waals surface area contributed by atoms with E-state index in [1.165, 1.54) is 6.92 Å². The van der Waals surface area contributed by atoms with Crippen molar-refractivity contribution in [2.75, 3.05) is 0 Å². The van der Waals surface area contributed by atoms with Gasteiger partial charge in [0.2, 0.25) is 5.12 Å². The summed E-state index contributed by atoms with van der Waals surface area (Å²) in [7, 11) is 0. The minimum absolute atomic E-state index is 0.0863. The third kappa shape index (κ3) is 2.45. The molecule has 5 nitrogen and oxygen atoms in total. The molecule has 2 N–H and O–H groups in total. The molecule has 13 heavy (non-hydrogen) atoms. The number of aliphatic carboxylic acids is 2. The van der Waals surface area contributed by atoms with E-state index in [2.05, 4.69) is 12.6 Å². The lowest BCUT2D eigenvalue weighted by atomic mass is 9.83. The van der Waals surface area contributed by atoms with Crippen molar-refractivity contribution in [2.24, 2.45) is 5.41 Å². The van der Waals surface area contributed by atoms with Crippen molar-refractivity contribution in [1.82, 2.24) is 0 Å². The predicted octanol–water partition coefficient (Wildman–Crippen LogP) is 0.398.